The van der Waals surface area contributed by atoms with Crippen LogP contribution in [0.1, 0.15) is 26.7 Å². The smallest absolute Gasteiger partial charge is 0.104 e. The highest BCUT2D eigenvalue weighted by molar-refractivity contribution is 4.96. The van der Waals surface area contributed by atoms with Gasteiger partial charge in [0.25, 0.3) is 0 Å². The van der Waals surface area contributed by atoms with Crippen molar-refractivity contribution < 1.29 is 20.4 Å². The van der Waals surface area contributed by atoms with Crippen LogP contribution in [0, 0.1) is 0 Å². The van der Waals surface area contributed by atoms with Crippen molar-refractivity contribution >= 4 is 0 Å². The first-order chi connectivity index (χ1) is 6.85. The van der Waals surface area contributed by atoms with E-state index in [0.717, 1.165) is 0 Å². The molecule has 1 heterocycles. The fourth-order valence-corrected chi connectivity index (χ4v) is 2.19. The Kier molecular flexibility index (Phi) is 4.08. The molecule has 0 bridgehead atoms. The molecule has 1 aliphatic rings. The summed E-state index contributed by atoms with van der Waals surface area (Å²) in [5.41, 5.74) is -0.265. The Bertz CT molecular complexity index is 210. The number of rotatable bonds is 3. The van der Waals surface area contributed by atoms with Crippen molar-refractivity contribution in [3.63, 3.8) is 0 Å². The average Bonchev–Trinajstić information content (AvgIpc) is 2.12. The SMILES string of the molecule is CC1(C)C[C@H](O)C[C@H]([C@@H](O)[C@H](O)CO)N1. The number of aliphatic hydroxyl groups excluding tert-OH is 4. The van der Waals surface area contributed by atoms with Crippen molar-refractivity contribution in [1.82, 2.24) is 5.32 Å². The summed E-state index contributed by atoms with van der Waals surface area (Å²) in [6.45, 7) is 3.39. The van der Waals surface area contributed by atoms with Gasteiger partial charge in [-0.25, -0.2) is 0 Å². The lowest BCUT2D eigenvalue weighted by Crippen LogP contribution is -2.60. The van der Waals surface area contributed by atoms with E-state index in [1.165, 1.54) is 0 Å². The molecule has 5 nitrogen and oxygen atoms in total. The van der Waals surface area contributed by atoms with E-state index in [9.17, 15) is 15.3 Å². The summed E-state index contributed by atoms with van der Waals surface area (Å²) in [6.07, 6.45) is -1.69. The van der Waals surface area contributed by atoms with Crippen LogP contribution in [0.2, 0.25) is 0 Å². The molecular formula is C10H21NO4. The van der Waals surface area contributed by atoms with E-state index in [-0.39, 0.29) is 11.6 Å². The lowest BCUT2D eigenvalue weighted by molar-refractivity contribution is -0.0586. The van der Waals surface area contributed by atoms with Gasteiger partial charge in [-0.3, -0.25) is 0 Å². The minimum Gasteiger partial charge on any atom is -0.394 e. The molecule has 1 rings (SSSR count). The molecular weight excluding hydrogens is 198 g/mol. The van der Waals surface area contributed by atoms with Crippen LogP contribution in [0.5, 0.6) is 0 Å². The molecule has 1 fully saturated rings. The van der Waals surface area contributed by atoms with E-state index in [2.05, 4.69) is 5.32 Å². The van der Waals surface area contributed by atoms with Gasteiger partial charge in [-0.15, -0.1) is 0 Å². The van der Waals surface area contributed by atoms with Crippen molar-refractivity contribution in [2.75, 3.05) is 6.61 Å². The summed E-state index contributed by atoms with van der Waals surface area (Å²) >= 11 is 0. The third-order valence-corrected chi connectivity index (χ3v) is 2.84. The second kappa shape index (κ2) is 4.76. The minimum absolute atomic E-state index is 0.265. The molecule has 4 atom stereocenters. The number of nitrogens with one attached hydrogen (secondary N) is 1. The van der Waals surface area contributed by atoms with E-state index >= 15 is 0 Å². The molecule has 90 valence electrons. The third-order valence-electron chi connectivity index (χ3n) is 2.84. The van der Waals surface area contributed by atoms with E-state index in [0.29, 0.717) is 12.8 Å². The first kappa shape index (κ1) is 12.9. The Hall–Kier alpha value is -0.200. The first-order valence-electron chi connectivity index (χ1n) is 5.28. The highest BCUT2D eigenvalue weighted by Gasteiger charge is 2.37. The molecule has 0 aromatic rings. The molecule has 15 heavy (non-hydrogen) atoms. The van der Waals surface area contributed by atoms with Crippen LogP contribution < -0.4 is 5.32 Å². The van der Waals surface area contributed by atoms with Crippen molar-refractivity contribution in [1.29, 1.82) is 0 Å². The van der Waals surface area contributed by atoms with Crippen molar-refractivity contribution in [2.24, 2.45) is 0 Å². The zero-order valence-corrected chi connectivity index (χ0v) is 9.22. The summed E-state index contributed by atoms with van der Waals surface area (Å²) in [4.78, 5) is 0. The van der Waals surface area contributed by atoms with Crippen LogP contribution in [0.15, 0.2) is 0 Å². The Labute approximate surface area is 89.7 Å². The van der Waals surface area contributed by atoms with Crippen LogP contribution in [-0.2, 0) is 0 Å². The molecule has 0 aliphatic carbocycles. The van der Waals surface area contributed by atoms with Gasteiger partial charge in [-0.2, -0.15) is 0 Å². The van der Waals surface area contributed by atoms with Gasteiger partial charge in [0, 0.05) is 11.6 Å². The zero-order chi connectivity index (χ0) is 11.6. The summed E-state index contributed by atoms with van der Waals surface area (Å²) in [5.74, 6) is 0. The second-order valence-electron chi connectivity index (χ2n) is 4.97. The number of piperidine rings is 1. The van der Waals surface area contributed by atoms with Crippen LogP contribution >= 0.6 is 0 Å². The second-order valence-corrected chi connectivity index (χ2v) is 4.97. The molecule has 0 aromatic heterocycles. The Morgan fingerprint density at radius 1 is 1.40 bits per heavy atom. The normalized spacial score (nSPS) is 34.8. The molecule has 1 aliphatic heterocycles. The van der Waals surface area contributed by atoms with E-state index in [4.69, 9.17) is 5.11 Å². The molecule has 1 saturated heterocycles. The van der Waals surface area contributed by atoms with Gasteiger partial charge < -0.3 is 25.7 Å². The van der Waals surface area contributed by atoms with Crippen LogP contribution in [0.25, 0.3) is 0 Å². The predicted molar refractivity (Wildman–Crippen MR) is 55.3 cm³/mol. The van der Waals surface area contributed by atoms with Crippen molar-refractivity contribution in [3.8, 4) is 0 Å². The quantitative estimate of drug-likeness (QED) is 0.402. The van der Waals surface area contributed by atoms with Crippen molar-refractivity contribution in [2.45, 2.75) is 56.6 Å². The van der Waals surface area contributed by atoms with Gasteiger partial charge in [0.2, 0.25) is 0 Å². The van der Waals surface area contributed by atoms with Gasteiger partial charge in [-0.1, -0.05) is 0 Å². The summed E-state index contributed by atoms with van der Waals surface area (Å²) < 4.78 is 0. The maximum Gasteiger partial charge on any atom is 0.104 e. The van der Waals surface area contributed by atoms with Gasteiger partial charge in [0.05, 0.1) is 18.8 Å². The van der Waals surface area contributed by atoms with Gasteiger partial charge in [0.15, 0.2) is 0 Å². The van der Waals surface area contributed by atoms with Gasteiger partial charge >= 0.3 is 0 Å². The first-order valence-corrected chi connectivity index (χ1v) is 5.28. The molecule has 0 amide bonds. The number of hydrogen-bond acceptors (Lipinski definition) is 5. The molecule has 5 heteroatoms. The standard InChI is InChI=1S/C10H21NO4/c1-10(2)4-6(13)3-7(11-10)9(15)8(14)5-12/h6-9,11-15H,3-5H2,1-2H3/t6-,7-,8-,9-/m1/s1. The number of aliphatic hydroxyl groups is 4. The van der Waals surface area contributed by atoms with Crippen molar-refractivity contribution in [3.05, 3.63) is 0 Å². The zero-order valence-electron chi connectivity index (χ0n) is 9.22. The van der Waals surface area contributed by atoms with E-state index < -0.39 is 24.9 Å². The van der Waals surface area contributed by atoms with Gasteiger partial charge in [-0.05, 0) is 26.7 Å². The predicted octanol–water partition coefficient (Wildman–Crippen LogP) is -1.41. The van der Waals surface area contributed by atoms with E-state index in [1.54, 1.807) is 0 Å². The van der Waals surface area contributed by atoms with Gasteiger partial charge in [0.1, 0.15) is 6.10 Å². The fraction of sp³-hybridized carbons (Fsp3) is 1.00. The highest BCUT2D eigenvalue weighted by Crippen LogP contribution is 2.24. The Morgan fingerprint density at radius 3 is 2.47 bits per heavy atom. The van der Waals surface area contributed by atoms with Crippen LogP contribution in [0.3, 0.4) is 0 Å². The molecule has 5 N–H and O–H groups in total. The molecule has 0 spiro atoms. The number of hydrogen-bond donors (Lipinski definition) is 5. The summed E-state index contributed by atoms with van der Waals surface area (Å²) in [7, 11) is 0. The molecule has 0 saturated carbocycles. The maximum atomic E-state index is 9.71. The topological polar surface area (TPSA) is 93.0 Å². The summed E-state index contributed by atoms with van der Waals surface area (Å²) in [5, 5.41) is 40.5. The molecule has 0 aromatic carbocycles. The Morgan fingerprint density at radius 2 is 2.00 bits per heavy atom. The van der Waals surface area contributed by atoms with Crippen LogP contribution in [-0.4, -0.2) is 56.9 Å². The summed E-state index contributed by atoms with van der Waals surface area (Å²) in [6, 6.07) is -0.383. The third kappa shape index (κ3) is 3.39. The average molecular weight is 219 g/mol. The fourth-order valence-electron chi connectivity index (χ4n) is 2.19. The monoisotopic (exact) mass is 219 g/mol. The maximum absolute atomic E-state index is 9.71. The lowest BCUT2D eigenvalue weighted by atomic mass is 9.84. The molecule has 0 unspecified atom stereocenters. The Balaban J connectivity index is 2.61. The minimum atomic E-state index is -1.16. The highest BCUT2D eigenvalue weighted by atomic mass is 16.4. The van der Waals surface area contributed by atoms with E-state index in [1.807, 2.05) is 13.8 Å². The molecule has 0 radical (unpaired) electrons. The van der Waals surface area contributed by atoms with Crippen LogP contribution in [0.4, 0.5) is 0 Å². The largest absolute Gasteiger partial charge is 0.394 e. The lowest BCUT2D eigenvalue weighted by Gasteiger charge is -2.42.